The van der Waals surface area contributed by atoms with Gasteiger partial charge in [0, 0.05) is 19.4 Å². The summed E-state index contributed by atoms with van der Waals surface area (Å²) in [5, 5.41) is 0.731. The molecule has 0 radical (unpaired) electrons. The van der Waals surface area contributed by atoms with Crippen LogP contribution in [-0.2, 0) is 14.8 Å². The molecule has 0 heterocycles. The van der Waals surface area contributed by atoms with Crippen LogP contribution in [0, 0.1) is 0 Å². The number of amides is 1. The zero-order valence-electron chi connectivity index (χ0n) is 5.86. The molecule has 0 saturated heterocycles. The summed E-state index contributed by atoms with van der Waals surface area (Å²) in [6.45, 7) is 4.22. The Morgan fingerprint density at radius 1 is 1.60 bits per heavy atom. The fourth-order valence-electron chi connectivity index (χ4n) is 0.291. The number of nitrogens with zero attached hydrogens (tertiary/aromatic N) is 1. The third-order valence-electron chi connectivity index (χ3n) is 1.04. The van der Waals surface area contributed by atoms with Crippen LogP contribution in [0.15, 0.2) is 12.0 Å². The summed E-state index contributed by atoms with van der Waals surface area (Å²) >= 11 is 0. The highest BCUT2D eigenvalue weighted by Gasteiger charge is 2.14. The Kier molecular flexibility index (Phi) is 2.59. The molecule has 0 spiro atoms. The number of carbonyl (C=O) groups is 1. The van der Waals surface area contributed by atoms with Gasteiger partial charge in [0.2, 0.25) is 5.91 Å². The molecule has 0 aromatic carbocycles. The molecule has 0 saturated carbocycles. The number of hydrogen-bond donors (Lipinski definition) is 0. The zero-order valence-corrected chi connectivity index (χ0v) is 6.68. The first-order valence-electron chi connectivity index (χ1n) is 2.53. The van der Waals surface area contributed by atoms with Crippen LogP contribution in [0.5, 0.6) is 0 Å². The predicted molar refractivity (Wildman–Crippen MR) is 37.6 cm³/mol. The van der Waals surface area contributed by atoms with Crippen LogP contribution in [0.2, 0.25) is 0 Å². The van der Waals surface area contributed by atoms with Crippen LogP contribution >= 0.6 is 0 Å². The van der Waals surface area contributed by atoms with Crippen LogP contribution in [0.4, 0.5) is 0 Å². The van der Waals surface area contributed by atoms with Gasteiger partial charge in [0.1, 0.15) is 0 Å². The maximum atomic E-state index is 10.7. The molecule has 0 aliphatic rings. The lowest BCUT2D eigenvalue weighted by atomic mass is 10.7. The topological polar surface area (TPSA) is 54.5 Å². The average Bonchev–Trinajstić information content (AvgIpc) is 1.86. The molecule has 0 aliphatic carbocycles. The molecule has 0 rings (SSSR count). The molecule has 0 fully saturated rings. The second-order valence-corrected chi connectivity index (χ2v) is 3.61. The smallest absolute Gasteiger partial charge is 0.258 e. The molecular formula is C5H9NO3S. The largest absolute Gasteiger partial charge is 0.274 e. The van der Waals surface area contributed by atoms with E-state index in [1.807, 2.05) is 0 Å². The quantitative estimate of drug-likeness (QED) is 0.573. The lowest BCUT2D eigenvalue weighted by Crippen LogP contribution is -2.29. The van der Waals surface area contributed by atoms with E-state index in [-0.39, 0.29) is 0 Å². The molecule has 1 amide bonds. The molecular weight excluding hydrogens is 154 g/mol. The highest BCUT2D eigenvalue weighted by molar-refractivity contribution is 7.92. The summed E-state index contributed by atoms with van der Waals surface area (Å²) in [6.07, 6.45) is 0. The fourth-order valence-corrected chi connectivity index (χ4v) is 0.873. The second-order valence-electron chi connectivity index (χ2n) is 1.70. The van der Waals surface area contributed by atoms with Gasteiger partial charge in [-0.3, -0.25) is 4.79 Å². The Bertz CT molecular complexity index is 242. The maximum Gasteiger partial charge on any atom is 0.258 e. The van der Waals surface area contributed by atoms with Gasteiger partial charge in [-0.15, -0.1) is 0 Å². The van der Waals surface area contributed by atoms with E-state index in [0.29, 0.717) is 4.31 Å². The Labute approximate surface area is 60.2 Å². The van der Waals surface area contributed by atoms with Crippen molar-refractivity contribution in [2.24, 2.45) is 0 Å². The Morgan fingerprint density at radius 3 is 2.10 bits per heavy atom. The predicted octanol–water partition coefficient (Wildman–Crippen LogP) is -0.0620. The van der Waals surface area contributed by atoms with Crippen molar-refractivity contribution >= 4 is 15.9 Å². The van der Waals surface area contributed by atoms with Crippen molar-refractivity contribution in [3.63, 3.8) is 0 Å². The summed E-state index contributed by atoms with van der Waals surface area (Å²) < 4.78 is 22.1. The third-order valence-corrected chi connectivity index (χ3v) is 2.48. The number of sulfonamides is 1. The first-order valence-corrected chi connectivity index (χ1v) is 4.04. The maximum absolute atomic E-state index is 10.7. The van der Waals surface area contributed by atoms with Gasteiger partial charge in [-0.25, -0.2) is 12.7 Å². The first kappa shape index (κ1) is 9.16. The highest BCUT2D eigenvalue weighted by Crippen LogP contribution is 1.97. The minimum atomic E-state index is -3.55. The van der Waals surface area contributed by atoms with Gasteiger partial charge in [0.25, 0.3) is 10.0 Å². The van der Waals surface area contributed by atoms with Gasteiger partial charge in [-0.1, -0.05) is 6.58 Å². The molecule has 0 atom stereocenters. The first-order chi connectivity index (χ1) is 4.41. The van der Waals surface area contributed by atoms with Gasteiger partial charge >= 0.3 is 0 Å². The Balaban J connectivity index is 4.67. The van der Waals surface area contributed by atoms with Crippen molar-refractivity contribution in [2.45, 2.75) is 6.92 Å². The van der Waals surface area contributed by atoms with Crippen molar-refractivity contribution in [3.05, 3.63) is 12.0 Å². The number of rotatable bonds is 2. The molecule has 0 bridgehead atoms. The summed E-state index contributed by atoms with van der Waals surface area (Å²) in [7, 11) is -2.37. The van der Waals surface area contributed by atoms with Crippen LogP contribution in [0.1, 0.15) is 6.92 Å². The summed E-state index contributed by atoms with van der Waals surface area (Å²) in [4.78, 5) is 10.4. The second kappa shape index (κ2) is 2.83. The van der Waals surface area contributed by atoms with Crippen molar-refractivity contribution in [1.82, 2.24) is 4.31 Å². The van der Waals surface area contributed by atoms with E-state index in [9.17, 15) is 13.2 Å². The van der Waals surface area contributed by atoms with E-state index >= 15 is 0 Å². The van der Waals surface area contributed by atoms with Crippen LogP contribution in [0.25, 0.3) is 0 Å². The van der Waals surface area contributed by atoms with Crippen LogP contribution in [0.3, 0.4) is 0 Å². The molecule has 58 valence electrons. The van der Waals surface area contributed by atoms with E-state index in [1.54, 1.807) is 0 Å². The summed E-state index contributed by atoms with van der Waals surface area (Å²) in [5.74, 6) is -0.528. The van der Waals surface area contributed by atoms with Gasteiger partial charge in [-0.05, 0) is 0 Å². The lowest BCUT2D eigenvalue weighted by Gasteiger charge is -2.10. The number of hydrogen-bond acceptors (Lipinski definition) is 3. The van der Waals surface area contributed by atoms with Gasteiger partial charge in [-0.2, -0.15) is 0 Å². The van der Waals surface area contributed by atoms with E-state index in [2.05, 4.69) is 6.58 Å². The molecule has 0 aliphatic heterocycles. The van der Waals surface area contributed by atoms with E-state index in [1.165, 1.54) is 14.0 Å². The highest BCUT2D eigenvalue weighted by atomic mass is 32.2. The molecule has 5 heteroatoms. The van der Waals surface area contributed by atoms with Crippen molar-refractivity contribution in [3.8, 4) is 0 Å². The van der Waals surface area contributed by atoms with Crippen molar-refractivity contribution in [1.29, 1.82) is 0 Å². The van der Waals surface area contributed by atoms with Crippen molar-refractivity contribution in [2.75, 3.05) is 7.05 Å². The minimum Gasteiger partial charge on any atom is -0.274 e. The lowest BCUT2D eigenvalue weighted by molar-refractivity contribution is -0.123. The van der Waals surface area contributed by atoms with E-state index in [4.69, 9.17) is 0 Å². The minimum absolute atomic E-state index is 0.528. The number of carbonyl (C=O) groups excluding carboxylic acids is 1. The van der Waals surface area contributed by atoms with Gasteiger partial charge in [0.05, 0.1) is 0 Å². The summed E-state index contributed by atoms with van der Waals surface area (Å²) in [6, 6.07) is 0. The van der Waals surface area contributed by atoms with E-state index in [0.717, 1.165) is 5.41 Å². The zero-order chi connectivity index (χ0) is 8.36. The van der Waals surface area contributed by atoms with Gasteiger partial charge < -0.3 is 0 Å². The molecule has 10 heavy (non-hydrogen) atoms. The molecule has 4 nitrogen and oxygen atoms in total. The van der Waals surface area contributed by atoms with Crippen LogP contribution in [-0.4, -0.2) is 25.7 Å². The fraction of sp³-hybridized carbons (Fsp3) is 0.400. The van der Waals surface area contributed by atoms with Gasteiger partial charge in [0.15, 0.2) is 0 Å². The Morgan fingerprint density at radius 2 is 2.00 bits per heavy atom. The van der Waals surface area contributed by atoms with E-state index < -0.39 is 15.9 Å². The summed E-state index contributed by atoms with van der Waals surface area (Å²) in [5.41, 5.74) is 0. The molecule has 0 aromatic rings. The van der Waals surface area contributed by atoms with Crippen molar-refractivity contribution < 1.29 is 13.2 Å². The third kappa shape index (κ3) is 1.84. The molecule has 0 unspecified atom stereocenters. The average molecular weight is 163 g/mol. The SMILES string of the molecule is C=CS(=O)(=O)N(C)C(C)=O. The van der Waals surface area contributed by atoms with Crippen LogP contribution < -0.4 is 0 Å². The monoisotopic (exact) mass is 163 g/mol. The Hall–Kier alpha value is -0.840. The standard InChI is InChI=1S/C5H9NO3S/c1-4-10(8,9)6(3)5(2)7/h4H,1H2,2-3H3. The molecule has 0 aromatic heterocycles. The molecule has 0 N–H and O–H groups in total. The normalized spacial score (nSPS) is 10.6.